The van der Waals surface area contributed by atoms with Crippen LogP contribution in [0.4, 0.5) is 0 Å². The standard InChI is InChI=1S/C17H14O2/c18-17(19)11-13-10-9-12-5-1-2-6-14(12)16-8-4-3-7-15(13)16/h1,3-5,7-11H,2,6H2,(H,18,19). The molecule has 0 saturated carbocycles. The summed E-state index contributed by atoms with van der Waals surface area (Å²) in [5.41, 5.74) is 5.40. The second-order valence-electron chi connectivity index (χ2n) is 4.69. The van der Waals surface area contributed by atoms with E-state index in [4.69, 9.17) is 5.11 Å². The third kappa shape index (κ3) is 2.17. The lowest BCUT2D eigenvalue weighted by atomic mass is 9.89. The van der Waals surface area contributed by atoms with Crippen LogP contribution in [0, 0.1) is 0 Å². The van der Waals surface area contributed by atoms with Gasteiger partial charge in [0.1, 0.15) is 0 Å². The van der Waals surface area contributed by atoms with Gasteiger partial charge in [-0.2, -0.15) is 0 Å². The van der Waals surface area contributed by atoms with Crippen LogP contribution in [-0.4, -0.2) is 11.1 Å². The van der Waals surface area contributed by atoms with Crippen molar-refractivity contribution in [2.45, 2.75) is 12.8 Å². The Morgan fingerprint density at radius 3 is 2.68 bits per heavy atom. The zero-order valence-electron chi connectivity index (χ0n) is 10.5. The predicted molar refractivity (Wildman–Crippen MR) is 76.5 cm³/mol. The Morgan fingerprint density at radius 2 is 1.89 bits per heavy atom. The molecule has 19 heavy (non-hydrogen) atoms. The molecule has 1 aromatic carbocycles. The largest absolute Gasteiger partial charge is 0.478 e. The molecule has 0 unspecified atom stereocenters. The molecule has 0 bridgehead atoms. The van der Waals surface area contributed by atoms with Crippen LogP contribution < -0.4 is 0 Å². The van der Waals surface area contributed by atoms with Crippen molar-refractivity contribution in [2.24, 2.45) is 0 Å². The molecule has 0 spiro atoms. The van der Waals surface area contributed by atoms with Gasteiger partial charge in [-0.15, -0.1) is 0 Å². The number of carboxylic acid groups (broad SMARTS) is 1. The quantitative estimate of drug-likeness (QED) is 0.769. The molecule has 0 atom stereocenters. The van der Waals surface area contributed by atoms with Gasteiger partial charge in [-0.25, -0.2) is 4.79 Å². The summed E-state index contributed by atoms with van der Waals surface area (Å²) < 4.78 is 0. The molecule has 1 N–H and O–H groups in total. The van der Waals surface area contributed by atoms with Crippen molar-refractivity contribution in [1.82, 2.24) is 0 Å². The molecule has 0 aliphatic heterocycles. The minimum absolute atomic E-state index is 0.755. The minimum Gasteiger partial charge on any atom is -0.478 e. The zero-order valence-corrected chi connectivity index (χ0v) is 10.5. The number of aliphatic carboxylic acids is 1. The summed E-state index contributed by atoms with van der Waals surface area (Å²) in [6.07, 6.45) is 11.5. The molecular formula is C17H14O2. The lowest BCUT2D eigenvalue weighted by molar-refractivity contribution is -0.131. The second kappa shape index (κ2) is 4.73. The van der Waals surface area contributed by atoms with Crippen LogP contribution in [0.5, 0.6) is 0 Å². The van der Waals surface area contributed by atoms with Crippen LogP contribution in [0.15, 0.2) is 60.2 Å². The van der Waals surface area contributed by atoms with Crippen LogP contribution in [0.1, 0.15) is 24.0 Å². The average Bonchev–Trinajstić information content (AvgIpc) is 2.57. The van der Waals surface area contributed by atoms with Crippen LogP contribution in [-0.2, 0) is 4.79 Å². The van der Waals surface area contributed by atoms with E-state index in [9.17, 15) is 4.79 Å². The van der Waals surface area contributed by atoms with Crippen LogP contribution >= 0.6 is 0 Å². The Bertz CT molecular complexity index is 658. The highest BCUT2D eigenvalue weighted by atomic mass is 16.4. The Hall–Kier alpha value is -2.35. The van der Waals surface area contributed by atoms with E-state index >= 15 is 0 Å². The van der Waals surface area contributed by atoms with Crippen molar-refractivity contribution >= 4 is 17.1 Å². The average molecular weight is 250 g/mol. The third-order valence-corrected chi connectivity index (χ3v) is 3.49. The van der Waals surface area contributed by atoms with Gasteiger partial charge in [-0.1, -0.05) is 48.6 Å². The SMILES string of the molecule is O=C(O)C=C1C=CC2=C(CCC=C2)c2ccccc21. The number of hydrogen-bond donors (Lipinski definition) is 1. The van der Waals surface area contributed by atoms with Crippen molar-refractivity contribution in [2.75, 3.05) is 0 Å². The predicted octanol–water partition coefficient (Wildman–Crippen LogP) is 3.83. The molecule has 0 aromatic heterocycles. The van der Waals surface area contributed by atoms with Gasteiger partial charge in [0.2, 0.25) is 0 Å². The molecule has 0 saturated heterocycles. The summed E-state index contributed by atoms with van der Waals surface area (Å²) in [4.78, 5) is 11.0. The van der Waals surface area contributed by atoms with Gasteiger partial charge in [0.05, 0.1) is 0 Å². The Labute approximate surface area is 112 Å². The van der Waals surface area contributed by atoms with E-state index in [0.717, 1.165) is 29.5 Å². The number of carbonyl (C=O) groups is 1. The lowest BCUT2D eigenvalue weighted by Gasteiger charge is -2.15. The molecule has 0 heterocycles. The van der Waals surface area contributed by atoms with Crippen LogP contribution in [0.3, 0.4) is 0 Å². The maximum absolute atomic E-state index is 11.0. The fourth-order valence-corrected chi connectivity index (χ4v) is 2.66. The van der Waals surface area contributed by atoms with Crippen LogP contribution in [0.25, 0.3) is 11.1 Å². The number of allylic oxidation sites excluding steroid dienone is 7. The molecule has 0 fully saturated rings. The van der Waals surface area contributed by atoms with Crippen molar-refractivity contribution in [1.29, 1.82) is 0 Å². The number of fused-ring (bicyclic) bond motifs is 2. The second-order valence-corrected chi connectivity index (χ2v) is 4.69. The highest BCUT2D eigenvalue weighted by Gasteiger charge is 2.17. The van der Waals surface area contributed by atoms with Crippen molar-refractivity contribution in [3.63, 3.8) is 0 Å². The molecule has 2 nitrogen and oxygen atoms in total. The van der Waals surface area contributed by atoms with Crippen molar-refractivity contribution in [3.05, 3.63) is 71.3 Å². The smallest absolute Gasteiger partial charge is 0.328 e. The van der Waals surface area contributed by atoms with E-state index in [1.165, 1.54) is 17.2 Å². The molecular weight excluding hydrogens is 236 g/mol. The van der Waals surface area contributed by atoms with Crippen molar-refractivity contribution in [3.8, 4) is 0 Å². The first-order chi connectivity index (χ1) is 9.25. The van der Waals surface area contributed by atoms with Crippen molar-refractivity contribution < 1.29 is 9.90 Å². The minimum atomic E-state index is -0.912. The normalized spacial score (nSPS) is 19.1. The third-order valence-electron chi connectivity index (χ3n) is 3.49. The summed E-state index contributed by atoms with van der Waals surface area (Å²) in [5, 5.41) is 9.00. The fraction of sp³-hybridized carbons (Fsp3) is 0.118. The monoisotopic (exact) mass is 250 g/mol. The summed E-state index contributed by atoms with van der Waals surface area (Å²) in [7, 11) is 0. The maximum Gasteiger partial charge on any atom is 0.328 e. The first kappa shape index (κ1) is 11.7. The number of hydrogen-bond acceptors (Lipinski definition) is 1. The Kier molecular flexibility index (Phi) is 2.92. The van der Waals surface area contributed by atoms with E-state index in [-0.39, 0.29) is 0 Å². The molecule has 94 valence electrons. The highest BCUT2D eigenvalue weighted by Crippen LogP contribution is 2.37. The highest BCUT2D eigenvalue weighted by molar-refractivity contribution is 5.97. The fourth-order valence-electron chi connectivity index (χ4n) is 2.66. The first-order valence-corrected chi connectivity index (χ1v) is 6.38. The maximum atomic E-state index is 11.0. The van der Waals surface area contributed by atoms with Gasteiger partial charge < -0.3 is 5.11 Å². The van der Waals surface area contributed by atoms with Crippen LogP contribution in [0.2, 0.25) is 0 Å². The van der Waals surface area contributed by atoms with E-state index < -0.39 is 5.97 Å². The van der Waals surface area contributed by atoms with E-state index in [0.29, 0.717) is 0 Å². The van der Waals surface area contributed by atoms with Gasteiger partial charge in [0, 0.05) is 6.08 Å². The molecule has 0 radical (unpaired) electrons. The van der Waals surface area contributed by atoms with Gasteiger partial charge in [-0.3, -0.25) is 0 Å². The Morgan fingerprint density at radius 1 is 1.11 bits per heavy atom. The number of rotatable bonds is 1. The first-order valence-electron chi connectivity index (χ1n) is 6.38. The molecule has 0 amide bonds. The van der Waals surface area contributed by atoms with Gasteiger partial charge in [0.25, 0.3) is 0 Å². The molecule has 2 heteroatoms. The zero-order chi connectivity index (χ0) is 13.2. The molecule has 3 rings (SSSR count). The van der Waals surface area contributed by atoms with E-state index in [1.54, 1.807) is 0 Å². The summed E-state index contributed by atoms with van der Waals surface area (Å²) >= 11 is 0. The van der Waals surface area contributed by atoms with Gasteiger partial charge in [0.15, 0.2) is 0 Å². The van der Waals surface area contributed by atoms with E-state index in [2.05, 4.69) is 18.2 Å². The summed E-state index contributed by atoms with van der Waals surface area (Å²) in [6, 6.07) is 8.02. The number of benzene rings is 1. The van der Waals surface area contributed by atoms with E-state index in [1.807, 2.05) is 30.4 Å². The lowest BCUT2D eigenvalue weighted by Crippen LogP contribution is -1.96. The molecule has 2 aliphatic rings. The summed E-state index contributed by atoms with van der Waals surface area (Å²) in [6.45, 7) is 0. The van der Waals surface area contributed by atoms with Gasteiger partial charge in [-0.05, 0) is 40.7 Å². The molecule has 1 aromatic rings. The Balaban J connectivity index is 2.24. The number of carboxylic acids is 1. The topological polar surface area (TPSA) is 37.3 Å². The molecule has 2 aliphatic carbocycles. The summed E-state index contributed by atoms with van der Waals surface area (Å²) in [5.74, 6) is -0.912. The van der Waals surface area contributed by atoms with Gasteiger partial charge >= 0.3 is 5.97 Å².